The molecule has 89 heavy (non-hydrogen) atoms. The van der Waals surface area contributed by atoms with Crippen LogP contribution in [0.15, 0.2) is 6.20 Å². The van der Waals surface area contributed by atoms with E-state index in [1.807, 2.05) is 0 Å². The minimum absolute atomic E-state index is 0.0294. The van der Waals surface area contributed by atoms with E-state index in [-0.39, 0.29) is 69.7 Å². The number of methoxy groups -OCH3 is 1. The Bertz CT molecular complexity index is 2560. The zero-order valence-corrected chi connectivity index (χ0v) is 52.9. The van der Waals surface area contributed by atoms with Crippen molar-refractivity contribution in [3.8, 4) is 0 Å². The molecule has 3 fully saturated rings. The van der Waals surface area contributed by atoms with Crippen LogP contribution in [0.3, 0.4) is 0 Å². The Morgan fingerprint density at radius 1 is 0.730 bits per heavy atom. The number of ether oxygens (including phenoxy) is 10. The number of amides is 3. The maximum Gasteiger partial charge on any atom is 0.398 e. The summed E-state index contributed by atoms with van der Waals surface area (Å²) in [6.07, 6.45) is -24.9. The maximum atomic E-state index is 14.4. The van der Waals surface area contributed by atoms with Gasteiger partial charge in [0.15, 0.2) is 36.7 Å². The molecule has 9 unspecified atom stereocenters. The van der Waals surface area contributed by atoms with Gasteiger partial charge >= 0.3 is 34.3 Å². The fourth-order valence-corrected chi connectivity index (χ4v) is 10.4. The predicted molar refractivity (Wildman–Crippen MR) is 301 cm³/mol. The van der Waals surface area contributed by atoms with Crippen molar-refractivity contribution < 1.29 is 129 Å². The van der Waals surface area contributed by atoms with Gasteiger partial charge in [-0.3, -0.25) is 38.1 Å². The van der Waals surface area contributed by atoms with Gasteiger partial charge < -0.3 is 94.0 Å². The van der Waals surface area contributed by atoms with Gasteiger partial charge in [0.2, 0.25) is 17.7 Å². The largest absolute Gasteiger partial charge is 0.462 e. The summed E-state index contributed by atoms with van der Waals surface area (Å²) in [6, 6.07) is -3.41. The fourth-order valence-electron chi connectivity index (χ4n) is 9.71. The molecule has 3 aliphatic rings. The molecule has 0 aliphatic carbocycles. The molecule has 1 aromatic rings. The number of carbonyl (C=O) groups excluding carboxylic acids is 7. The molecule has 0 aromatic carbocycles. The lowest BCUT2D eigenvalue weighted by molar-refractivity contribution is -0.313. The topological polar surface area (TPSA) is 464 Å². The predicted octanol–water partition coefficient (Wildman–Crippen LogP) is -1.58. The van der Waals surface area contributed by atoms with E-state index in [4.69, 9.17) is 51.6 Å². The van der Waals surface area contributed by atoms with Crippen LogP contribution in [0.1, 0.15) is 139 Å². The summed E-state index contributed by atoms with van der Waals surface area (Å²) in [7, 11) is -4.46. The number of aliphatic hydroxyl groups is 6. The molecular formula is C55H92N6O27S. The average molecular weight is 1300 g/mol. The summed E-state index contributed by atoms with van der Waals surface area (Å²) in [5, 5.41) is 79.5. The van der Waals surface area contributed by atoms with Crippen molar-refractivity contribution in [3.05, 3.63) is 11.9 Å². The Balaban J connectivity index is 1.78. The summed E-state index contributed by atoms with van der Waals surface area (Å²) in [5.41, 5.74) is -2.55. The zero-order chi connectivity index (χ0) is 66.7. The van der Waals surface area contributed by atoms with Crippen LogP contribution in [0.5, 0.6) is 0 Å². The summed E-state index contributed by atoms with van der Waals surface area (Å²) in [5.74, 6) is -6.35. The summed E-state index contributed by atoms with van der Waals surface area (Å²) >= 11 is 0. The van der Waals surface area contributed by atoms with E-state index < -0.39 is 206 Å². The highest BCUT2D eigenvalue weighted by molar-refractivity contribution is 7.80. The molecule has 4 rings (SSSR count). The highest BCUT2D eigenvalue weighted by Crippen LogP contribution is 2.39. The number of nitrogens with one attached hydrogen (secondary N) is 3. The molecule has 19 atom stereocenters. The summed E-state index contributed by atoms with van der Waals surface area (Å²) < 4.78 is 101. The van der Waals surface area contributed by atoms with Gasteiger partial charge in [-0.1, -0.05) is 60.6 Å². The van der Waals surface area contributed by atoms with E-state index in [9.17, 15) is 77.2 Å². The molecule has 3 aliphatic heterocycles. The van der Waals surface area contributed by atoms with Gasteiger partial charge in [-0.15, -0.1) is 5.10 Å². The third kappa shape index (κ3) is 23.5. The number of hydrogen-bond donors (Lipinski definition) is 10. The molecule has 0 spiro atoms. The Hall–Kier alpha value is -5.18. The van der Waals surface area contributed by atoms with Gasteiger partial charge in [0.1, 0.15) is 66.6 Å². The number of hydrogen-bond acceptors (Lipinski definition) is 28. The summed E-state index contributed by atoms with van der Waals surface area (Å²) in [4.78, 5) is 93.4. The van der Waals surface area contributed by atoms with Gasteiger partial charge in [0.05, 0.1) is 88.8 Å². The van der Waals surface area contributed by atoms with Gasteiger partial charge in [0, 0.05) is 13.5 Å². The molecule has 0 bridgehead atoms. The molecular weight excluding hydrogens is 1210 g/mol. The van der Waals surface area contributed by atoms with Gasteiger partial charge in [-0.05, 0) is 45.4 Å². The average Bonchev–Trinajstić information content (AvgIpc) is 1.09. The first-order valence-corrected chi connectivity index (χ1v) is 31.1. The molecule has 0 saturated carbocycles. The van der Waals surface area contributed by atoms with Crippen LogP contribution in [-0.2, 0) is 109 Å². The number of aromatic nitrogens is 3. The van der Waals surface area contributed by atoms with Crippen LogP contribution in [0.4, 0.5) is 0 Å². The minimum Gasteiger partial charge on any atom is -0.462 e. The van der Waals surface area contributed by atoms with E-state index in [0.717, 1.165) is 18.7 Å². The lowest BCUT2D eigenvalue weighted by Crippen LogP contribution is -2.72. The Morgan fingerprint density at radius 3 is 1.92 bits per heavy atom. The van der Waals surface area contributed by atoms with Crippen LogP contribution in [0.2, 0.25) is 0 Å². The molecule has 3 amide bonds. The molecule has 0 radical (unpaired) electrons. The molecule has 1 aromatic heterocycles. The Kier molecular flexibility index (Phi) is 30.5. The van der Waals surface area contributed by atoms with E-state index in [0.29, 0.717) is 0 Å². The highest BCUT2D eigenvalue weighted by Gasteiger charge is 2.61. The third-order valence-corrected chi connectivity index (χ3v) is 15.4. The number of carbonyl (C=O) groups is 7. The van der Waals surface area contributed by atoms with Crippen LogP contribution >= 0.6 is 0 Å². The second-order valence-electron chi connectivity index (χ2n) is 23.0. The normalized spacial score (nSPS) is 29.5. The molecule has 33 nitrogen and oxygen atoms in total. The minimum atomic E-state index is -5.62. The van der Waals surface area contributed by atoms with Crippen LogP contribution in [0, 0.1) is 11.8 Å². The van der Waals surface area contributed by atoms with E-state index in [1.54, 1.807) is 48.5 Å². The van der Waals surface area contributed by atoms with E-state index in [1.165, 1.54) is 20.0 Å². The van der Waals surface area contributed by atoms with Gasteiger partial charge in [-0.25, -0.2) is 8.86 Å². The second-order valence-corrected chi connectivity index (χ2v) is 24.0. The first-order valence-electron chi connectivity index (χ1n) is 29.8. The monoisotopic (exact) mass is 1300 g/mol. The SMILES string of the molecule is CCC(=O)O[C@@H](CC(=O)NC1C(OC(=O)C[C@H](O)CC)[C@](C)(OS(=O)(=O)O)C(Cn2cc(CNC(=O)CCO[C@H]3OC(C)[C@H](O)C(O)C3O)nn2)O[C@H]1OCC1O[C@@H](OC)C(NC(=O)C[C@@H](CC)OC(=O)C(C)C)C(OC(=O)C[C@H](O)CC)[C@@H]1O)CC(C)C. The van der Waals surface area contributed by atoms with Crippen LogP contribution < -0.4 is 16.0 Å². The van der Waals surface area contributed by atoms with Crippen molar-refractivity contribution >= 4 is 52.0 Å². The number of aliphatic hydroxyl groups excluding tert-OH is 6. The molecule has 10 N–H and O–H groups in total. The zero-order valence-electron chi connectivity index (χ0n) is 52.1. The lowest BCUT2D eigenvalue weighted by Gasteiger charge is -2.51. The van der Waals surface area contributed by atoms with Crippen molar-refractivity contribution in [3.63, 3.8) is 0 Å². The number of rotatable bonds is 35. The second kappa shape index (κ2) is 35.6. The standard InChI is InChI=1S/C55H92N6O27S/c1-12-31(62)19-41(68)86-49-43(57-38(65)21-33(14-3)83-51(74)28(7)8)52(78-11)84-35(46(49)71)26-80-53-44(58-39(66)22-34(18-27(5)6)82-40(67)15-4)50(87-42(69)20-32(63)13-2)55(10,88-89(75,76)77)36(85-53)25-61-24-30(59-60-61)23-56-37(64)16-17-79-54-48(73)47(72)45(70)29(9)81-54/h24,27-29,31-36,43-50,52-54,62-63,70-73H,12-23,25-26H2,1-11H3,(H,56,64)(H,57,65)(H,58,66)(H,75,76,77)/t29?,31-,32-,33-,34-,35?,36?,43?,44?,45+,46-,47?,48?,49?,50?,52-,53-,54+,55-/m1/s1. The van der Waals surface area contributed by atoms with E-state index >= 15 is 0 Å². The molecule has 4 heterocycles. The van der Waals surface area contributed by atoms with Crippen LogP contribution in [-0.4, -0.2) is 236 Å². The van der Waals surface area contributed by atoms with E-state index in [2.05, 4.69) is 26.3 Å². The quantitative estimate of drug-likeness (QED) is 0.0208. The highest BCUT2D eigenvalue weighted by atomic mass is 32.3. The molecule has 3 saturated heterocycles. The van der Waals surface area contributed by atoms with Gasteiger partial charge in [-0.2, -0.15) is 8.42 Å². The summed E-state index contributed by atoms with van der Waals surface area (Å²) in [6.45, 7) is 13.6. The molecule has 34 heteroatoms. The van der Waals surface area contributed by atoms with Crippen molar-refractivity contribution in [2.45, 2.75) is 262 Å². The number of esters is 4. The lowest BCUT2D eigenvalue weighted by atomic mass is 9.83. The fraction of sp³-hybridized carbons (Fsp3) is 0.836. The Morgan fingerprint density at radius 2 is 1.35 bits per heavy atom. The van der Waals surface area contributed by atoms with Crippen molar-refractivity contribution in [1.29, 1.82) is 0 Å². The van der Waals surface area contributed by atoms with Crippen molar-refractivity contribution in [1.82, 2.24) is 30.9 Å². The van der Waals surface area contributed by atoms with Crippen molar-refractivity contribution in [2.75, 3.05) is 20.3 Å². The van der Waals surface area contributed by atoms with Crippen LogP contribution in [0.25, 0.3) is 0 Å². The Labute approximate surface area is 516 Å². The third-order valence-electron chi connectivity index (χ3n) is 14.8. The number of nitrogens with zero attached hydrogens (tertiary/aromatic N) is 3. The first kappa shape index (κ1) is 76.3. The first-order chi connectivity index (χ1) is 41.8. The van der Waals surface area contributed by atoms with Gasteiger partial charge in [0.25, 0.3) is 0 Å². The maximum absolute atomic E-state index is 14.4. The van der Waals surface area contributed by atoms with Crippen molar-refractivity contribution in [2.24, 2.45) is 11.8 Å². The smallest absolute Gasteiger partial charge is 0.398 e. The molecule has 510 valence electrons.